The van der Waals surface area contributed by atoms with Crippen molar-refractivity contribution in [1.82, 2.24) is 0 Å². The second-order valence-corrected chi connectivity index (χ2v) is 10.4. The maximum atomic E-state index is 3.80. The summed E-state index contributed by atoms with van der Waals surface area (Å²) in [5.74, 6) is 0. The molecule has 0 saturated heterocycles. The zero-order chi connectivity index (χ0) is 11.8. The molecule has 0 aliphatic carbocycles. The van der Waals surface area contributed by atoms with Crippen molar-refractivity contribution >= 4 is 30.1 Å². The van der Waals surface area contributed by atoms with Gasteiger partial charge < -0.3 is 0 Å². The van der Waals surface area contributed by atoms with Crippen molar-refractivity contribution in [3.8, 4) is 0 Å². The summed E-state index contributed by atoms with van der Waals surface area (Å²) < 4.78 is 0. The first-order valence-corrected chi connectivity index (χ1v) is 9.17. The topological polar surface area (TPSA) is 0 Å². The highest BCUT2D eigenvalue weighted by atomic mass is 28.3. The Balaban J connectivity index is 2.60. The minimum Gasteiger partial charge on any atom is -0.0985 e. The summed E-state index contributed by atoms with van der Waals surface area (Å²) in [6.07, 6.45) is 1.89. The third-order valence-electron chi connectivity index (χ3n) is 2.97. The van der Waals surface area contributed by atoms with E-state index in [1.807, 2.05) is 6.08 Å². The molecule has 0 saturated carbocycles. The standard InChI is InChI=1S/C15H18Si/c1-5-12-6-7-14-11-15(16(2,3)4)9-8-13(14)10-12/h5-11H,1H2,2-4H3. The van der Waals surface area contributed by atoms with Crippen LogP contribution in [0.15, 0.2) is 43.0 Å². The van der Waals surface area contributed by atoms with Gasteiger partial charge in [-0.2, -0.15) is 0 Å². The molecule has 2 rings (SSSR count). The zero-order valence-corrected chi connectivity index (χ0v) is 11.2. The van der Waals surface area contributed by atoms with Gasteiger partial charge >= 0.3 is 0 Å². The number of benzene rings is 2. The van der Waals surface area contributed by atoms with Gasteiger partial charge in [0.05, 0.1) is 8.07 Å². The highest BCUT2D eigenvalue weighted by Gasteiger charge is 2.16. The van der Waals surface area contributed by atoms with E-state index in [1.165, 1.54) is 21.5 Å². The predicted octanol–water partition coefficient (Wildman–Crippen LogP) is 4.03. The van der Waals surface area contributed by atoms with Gasteiger partial charge in [0, 0.05) is 0 Å². The van der Waals surface area contributed by atoms with E-state index in [2.05, 4.69) is 62.6 Å². The van der Waals surface area contributed by atoms with Gasteiger partial charge in [0.2, 0.25) is 0 Å². The van der Waals surface area contributed by atoms with Crippen molar-refractivity contribution in [3.05, 3.63) is 48.5 Å². The van der Waals surface area contributed by atoms with E-state index in [-0.39, 0.29) is 0 Å². The molecule has 0 aromatic heterocycles. The first-order valence-electron chi connectivity index (χ1n) is 5.67. The Kier molecular flexibility index (Phi) is 2.72. The molecule has 0 heterocycles. The van der Waals surface area contributed by atoms with Gasteiger partial charge in [-0.1, -0.05) is 67.8 Å². The summed E-state index contributed by atoms with van der Waals surface area (Å²) in [4.78, 5) is 0. The van der Waals surface area contributed by atoms with Crippen LogP contribution in [0.5, 0.6) is 0 Å². The number of hydrogen-bond donors (Lipinski definition) is 0. The minimum absolute atomic E-state index is 1.19. The lowest BCUT2D eigenvalue weighted by Gasteiger charge is -2.17. The molecule has 0 spiro atoms. The van der Waals surface area contributed by atoms with E-state index in [9.17, 15) is 0 Å². The lowest BCUT2D eigenvalue weighted by molar-refractivity contribution is 1.69. The Morgan fingerprint density at radius 2 is 1.56 bits per heavy atom. The van der Waals surface area contributed by atoms with Crippen LogP contribution in [0.3, 0.4) is 0 Å². The van der Waals surface area contributed by atoms with Crippen molar-refractivity contribution in [2.24, 2.45) is 0 Å². The Hall–Kier alpha value is -1.34. The highest BCUT2D eigenvalue weighted by molar-refractivity contribution is 6.88. The maximum Gasteiger partial charge on any atom is 0.0776 e. The molecule has 2 aromatic rings. The lowest BCUT2D eigenvalue weighted by atomic mass is 10.1. The number of fused-ring (bicyclic) bond motifs is 1. The van der Waals surface area contributed by atoms with Crippen LogP contribution in [-0.4, -0.2) is 8.07 Å². The van der Waals surface area contributed by atoms with Gasteiger partial charge in [-0.25, -0.2) is 0 Å². The van der Waals surface area contributed by atoms with E-state index >= 15 is 0 Å². The third-order valence-corrected chi connectivity index (χ3v) is 5.01. The number of hydrogen-bond acceptors (Lipinski definition) is 0. The SMILES string of the molecule is C=Cc1ccc2cc([Si](C)(C)C)ccc2c1. The molecule has 0 fully saturated rings. The molecule has 16 heavy (non-hydrogen) atoms. The molecule has 0 bridgehead atoms. The normalized spacial score (nSPS) is 11.7. The molecule has 0 aliphatic rings. The Bertz CT molecular complexity index is 533. The molecule has 2 aromatic carbocycles. The fourth-order valence-electron chi connectivity index (χ4n) is 1.86. The van der Waals surface area contributed by atoms with Gasteiger partial charge in [-0.15, -0.1) is 0 Å². The van der Waals surface area contributed by atoms with Gasteiger partial charge in [0.25, 0.3) is 0 Å². The van der Waals surface area contributed by atoms with Gasteiger partial charge in [-0.05, 0) is 22.4 Å². The molecule has 0 unspecified atom stereocenters. The Morgan fingerprint density at radius 3 is 2.19 bits per heavy atom. The Labute approximate surface area is 98.6 Å². The molecular weight excluding hydrogens is 208 g/mol. The summed E-state index contributed by atoms with van der Waals surface area (Å²) >= 11 is 0. The molecule has 0 amide bonds. The third kappa shape index (κ3) is 2.09. The molecule has 0 atom stereocenters. The molecule has 1 heteroatoms. The average molecular weight is 226 g/mol. The molecule has 0 N–H and O–H groups in total. The maximum absolute atomic E-state index is 3.80. The molecule has 0 nitrogen and oxygen atoms in total. The summed E-state index contributed by atoms with van der Waals surface area (Å²) in [5, 5.41) is 4.16. The van der Waals surface area contributed by atoms with Crippen LogP contribution in [-0.2, 0) is 0 Å². The van der Waals surface area contributed by atoms with Crippen LogP contribution in [0.25, 0.3) is 16.8 Å². The van der Waals surface area contributed by atoms with Crippen LogP contribution in [0, 0.1) is 0 Å². The number of rotatable bonds is 2. The van der Waals surface area contributed by atoms with Crippen LogP contribution in [0.2, 0.25) is 19.6 Å². The van der Waals surface area contributed by atoms with Crippen LogP contribution < -0.4 is 5.19 Å². The minimum atomic E-state index is -1.19. The van der Waals surface area contributed by atoms with Crippen molar-refractivity contribution in [3.63, 3.8) is 0 Å². The molecule has 82 valence electrons. The Morgan fingerprint density at radius 1 is 0.938 bits per heavy atom. The quantitative estimate of drug-likeness (QED) is 0.678. The van der Waals surface area contributed by atoms with E-state index in [0.29, 0.717) is 0 Å². The van der Waals surface area contributed by atoms with Gasteiger partial charge in [0.1, 0.15) is 0 Å². The van der Waals surface area contributed by atoms with Gasteiger partial charge in [0.15, 0.2) is 0 Å². The van der Waals surface area contributed by atoms with Crippen LogP contribution in [0.4, 0.5) is 0 Å². The van der Waals surface area contributed by atoms with E-state index in [0.717, 1.165) is 0 Å². The zero-order valence-electron chi connectivity index (χ0n) is 10.2. The van der Waals surface area contributed by atoms with Crippen molar-refractivity contribution in [2.75, 3.05) is 0 Å². The van der Waals surface area contributed by atoms with E-state index < -0.39 is 8.07 Å². The lowest BCUT2D eigenvalue weighted by Crippen LogP contribution is -2.37. The molecular formula is C15H18Si. The average Bonchev–Trinajstić information content (AvgIpc) is 2.26. The van der Waals surface area contributed by atoms with Crippen molar-refractivity contribution in [2.45, 2.75) is 19.6 Å². The van der Waals surface area contributed by atoms with Crippen LogP contribution in [0.1, 0.15) is 5.56 Å². The van der Waals surface area contributed by atoms with Crippen LogP contribution >= 0.6 is 0 Å². The van der Waals surface area contributed by atoms with Crippen molar-refractivity contribution in [1.29, 1.82) is 0 Å². The summed E-state index contributed by atoms with van der Waals surface area (Å²) in [5.41, 5.74) is 1.19. The monoisotopic (exact) mass is 226 g/mol. The smallest absolute Gasteiger partial charge is 0.0776 e. The van der Waals surface area contributed by atoms with E-state index in [4.69, 9.17) is 0 Å². The largest absolute Gasteiger partial charge is 0.0985 e. The second-order valence-electron chi connectivity index (χ2n) is 5.28. The first-order chi connectivity index (χ1) is 7.50. The first kappa shape index (κ1) is 11.2. The van der Waals surface area contributed by atoms with Crippen molar-refractivity contribution < 1.29 is 0 Å². The van der Waals surface area contributed by atoms with Gasteiger partial charge in [-0.3, -0.25) is 0 Å². The summed E-state index contributed by atoms with van der Waals surface area (Å²) in [6.45, 7) is 10.9. The fourth-order valence-corrected chi connectivity index (χ4v) is 3.03. The summed E-state index contributed by atoms with van der Waals surface area (Å²) in [7, 11) is -1.19. The van der Waals surface area contributed by atoms with E-state index in [1.54, 1.807) is 0 Å². The molecule has 0 aliphatic heterocycles. The second kappa shape index (κ2) is 3.91. The fraction of sp³-hybridized carbons (Fsp3) is 0.200. The predicted molar refractivity (Wildman–Crippen MR) is 77.0 cm³/mol. The summed E-state index contributed by atoms with van der Waals surface area (Å²) in [6, 6.07) is 13.4. The molecule has 0 radical (unpaired) electrons. The highest BCUT2D eigenvalue weighted by Crippen LogP contribution is 2.17.